The van der Waals surface area contributed by atoms with Crippen molar-refractivity contribution in [3.8, 4) is 11.4 Å². The van der Waals surface area contributed by atoms with E-state index in [-0.39, 0.29) is 12.4 Å². The molecule has 5 heteroatoms. The summed E-state index contributed by atoms with van der Waals surface area (Å²) in [7, 11) is 0. The third-order valence-corrected chi connectivity index (χ3v) is 3.40. The minimum absolute atomic E-state index is 0.167. The van der Waals surface area contributed by atoms with Crippen molar-refractivity contribution in [2.75, 3.05) is 0 Å². The van der Waals surface area contributed by atoms with Crippen LogP contribution in [0.4, 0.5) is 4.39 Å². The van der Waals surface area contributed by atoms with Crippen molar-refractivity contribution in [1.29, 1.82) is 0 Å². The molecule has 2 aromatic carbocycles. The Morgan fingerprint density at radius 1 is 1.10 bits per heavy atom. The van der Waals surface area contributed by atoms with E-state index in [2.05, 4.69) is 10.2 Å². The largest absolute Gasteiger partial charge is 0.388 e. The molecule has 0 aliphatic rings. The molecule has 0 radical (unpaired) electrons. The number of rotatable bonds is 3. The lowest BCUT2D eigenvalue weighted by Crippen LogP contribution is -2.03. The molecule has 1 heterocycles. The summed E-state index contributed by atoms with van der Waals surface area (Å²) in [6.07, 6.45) is 0. The van der Waals surface area contributed by atoms with Crippen LogP contribution >= 0.6 is 0 Å². The second-order valence-corrected chi connectivity index (χ2v) is 4.48. The molecule has 0 saturated carbocycles. The van der Waals surface area contributed by atoms with Crippen LogP contribution < -0.4 is 0 Å². The molecule has 0 amide bonds. The molecule has 3 aromatic rings. The molecule has 0 spiro atoms. The molecule has 1 aromatic heterocycles. The van der Waals surface area contributed by atoms with Gasteiger partial charge in [0.05, 0.1) is 0 Å². The topological polar surface area (TPSA) is 50.9 Å². The lowest BCUT2D eigenvalue weighted by Gasteiger charge is -2.09. The number of aromatic nitrogens is 3. The van der Waals surface area contributed by atoms with E-state index in [9.17, 15) is 9.50 Å². The van der Waals surface area contributed by atoms with Crippen LogP contribution in [-0.4, -0.2) is 19.9 Å². The number of aliphatic hydroxyl groups excluding tert-OH is 1. The van der Waals surface area contributed by atoms with Crippen LogP contribution in [-0.2, 0) is 13.2 Å². The van der Waals surface area contributed by atoms with E-state index >= 15 is 0 Å². The molecule has 4 nitrogen and oxygen atoms in total. The van der Waals surface area contributed by atoms with Crippen molar-refractivity contribution < 1.29 is 9.50 Å². The molecule has 20 heavy (non-hydrogen) atoms. The Morgan fingerprint density at radius 3 is 2.55 bits per heavy atom. The van der Waals surface area contributed by atoms with Crippen molar-refractivity contribution in [3.63, 3.8) is 0 Å². The summed E-state index contributed by atoms with van der Waals surface area (Å²) in [6, 6.07) is 10.4. The average Bonchev–Trinajstić information content (AvgIpc) is 2.90. The van der Waals surface area contributed by atoms with Crippen molar-refractivity contribution in [2.45, 2.75) is 20.1 Å². The summed E-state index contributed by atoms with van der Waals surface area (Å²) in [5.74, 6) is 0.901. The number of aliphatic hydroxyl groups is 1. The number of hydrogen-bond donors (Lipinski definition) is 1. The molecular formula is C15H14FN3O. The molecule has 0 atom stereocenters. The number of nitrogens with zero attached hydrogens (tertiary/aromatic N) is 3. The Balaban J connectivity index is 2.30. The lowest BCUT2D eigenvalue weighted by atomic mass is 10.0. The van der Waals surface area contributed by atoms with Crippen molar-refractivity contribution >= 4 is 10.8 Å². The van der Waals surface area contributed by atoms with E-state index in [1.165, 1.54) is 6.07 Å². The molecule has 0 bridgehead atoms. The highest BCUT2D eigenvalue weighted by Gasteiger charge is 2.15. The highest BCUT2D eigenvalue weighted by molar-refractivity contribution is 5.95. The monoisotopic (exact) mass is 271 g/mol. The molecule has 1 N–H and O–H groups in total. The number of halogens is 1. The Bertz CT molecular complexity index is 767. The van der Waals surface area contributed by atoms with Crippen LogP contribution in [0.1, 0.15) is 12.7 Å². The van der Waals surface area contributed by atoms with Gasteiger partial charge in [-0.05, 0) is 24.4 Å². The van der Waals surface area contributed by atoms with Gasteiger partial charge in [0.15, 0.2) is 11.6 Å². The number of benzene rings is 2. The van der Waals surface area contributed by atoms with Gasteiger partial charge >= 0.3 is 0 Å². The van der Waals surface area contributed by atoms with Crippen molar-refractivity contribution in [1.82, 2.24) is 14.8 Å². The number of hydrogen-bond acceptors (Lipinski definition) is 3. The van der Waals surface area contributed by atoms with Crippen LogP contribution in [0.25, 0.3) is 22.2 Å². The van der Waals surface area contributed by atoms with Gasteiger partial charge in [0, 0.05) is 17.5 Å². The Labute approximate surface area is 115 Å². The second-order valence-electron chi connectivity index (χ2n) is 4.48. The van der Waals surface area contributed by atoms with Gasteiger partial charge in [-0.15, -0.1) is 10.2 Å². The fourth-order valence-electron chi connectivity index (χ4n) is 2.44. The maximum atomic E-state index is 13.9. The zero-order valence-electron chi connectivity index (χ0n) is 11.0. The molecular weight excluding hydrogens is 257 g/mol. The van der Waals surface area contributed by atoms with Gasteiger partial charge in [0.1, 0.15) is 12.4 Å². The summed E-state index contributed by atoms with van der Waals surface area (Å²) in [6.45, 7) is 2.43. The van der Waals surface area contributed by atoms with Gasteiger partial charge in [-0.1, -0.05) is 24.3 Å². The molecule has 3 rings (SSSR count). The summed E-state index contributed by atoms with van der Waals surface area (Å²) in [4.78, 5) is 0. The molecule has 0 fully saturated rings. The zero-order valence-corrected chi connectivity index (χ0v) is 11.0. The molecule has 0 saturated heterocycles. The SMILES string of the molecule is CCn1c(CO)nnc1-c1ccc(F)c2ccccc12. The van der Waals surface area contributed by atoms with Crippen LogP contribution in [0.3, 0.4) is 0 Å². The van der Waals surface area contributed by atoms with Crippen molar-refractivity contribution in [2.24, 2.45) is 0 Å². The fourth-order valence-corrected chi connectivity index (χ4v) is 2.44. The first-order valence-electron chi connectivity index (χ1n) is 6.46. The minimum Gasteiger partial charge on any atom is -0.388 e. The fraction of sp³-hybridized carbons (Fsp3) is 0.200. The Hall–Kier alpha value is -2.27. The highest BCUT2D eigenvalue weighted by atomic mass is 19.1. The maximum absolute atomic E-state index is 13.9. The lowest BCUT2D eigenvalue weighted by molar-refractivity contribution is 0.265. The van der Waals surface area contributed by atoms with Gasteiger partial charge in [0.25, 0.3) is 0 Å². The van der Waals surface area contributed by atoms with Crippen LogP contribution in [0, 0.1) is 5.82 Å². The van der Waals surface area contributed by atoms with E-state index in [0.29, 0.717) is 23.6 Å². The smallest absolute Gasteiger partial charge is 0.164 e. The summed E-state index contributed by atoms with van der Waals surface area (Å²) < 4.78 is 15.7. The normalized spacial score (nSPS) is 11.2. The first-order chi connectivity index (χ1) is 9.76. The van der Waals surface area contributed by atoms with Crippen LogP contribution in [0.5, 0.6) is 0 Å². The molecule has 0 unspecified atom stereocenters. The van der Waals surface area contributed by atoms with E-state index in [0.717, 1.165) is 10.9 Å². The van der Waals surface area contributed by atoms with Crippen molar-refractivity contribution in [3.05, 3.63) is 48.0 Å². The third-order valence-electron chi connectivity index (χ3n) is 3.40. The third kappa shape index (κ3) is 1.87. The average molecular weight is 271 g/mol. The van der Waals surface area contributed by atoms with Gasteiger partial charge < -0.3 is 9.67 Å². The van der Waals surface area contributed by atoms with Crippen LogP contribution in [0.15, 0.2) is 36.4 Å². The zero-order chi connectivity index (χ0) is 14.1. The van der Waals surface area contributed by atoms with Crippen LogP contribution in [0.2, 0.25) is 0 Å². The standard InChI is InChI=1S/C15H14FN3O/c1-2-19-14(9-20)17-18-15(19)12-7-8-13(16)11-6-4-3-5-10(11)12/h3-8,20H,2,9H2,1H3. The summed E-state index contributed by atoms with van der Waals surface area (Å²) >= 11 is 0. The predicted octanol–water partition coefficient (Wildman–Crippen LogP) is 2.75. The second kappa shape index (κ2) is 5.02. The van der Waals surface area contributed by atoms with E-state index < -0.39 is 0 Å². The minimum atomic E-state index is -0.255. The van der Waals surface area contributed by atoms with E-state index in [4.69, 9.17) is 0 Å². The first kappa shape index (κ1) is 12.7. The molecule has 0 aliphatic carbocycles. The van der Waals surface area contributed by atoms with Gasteiger partial charge in [-0.3, -0.25) is 0 Å². The van der Waals surface area contributed by atoms with E-state index in [1.807, 2.05) is 23.6 Å². The molecule has 102 valence electrons. The highest BCUT2D eigenvalue weighted by Crippen LogP contribution is 2.29. The first-order valence-corrected chi connectivity index (χ1v) is 6.46. The van der Waals surface area contributed by atoms with Gasteiger partial charge in [-0.2, -0.15) is 0 Å². The maximum Gasteiger partial charge on any atom is 0.164 e. The molecule has 0 aliphatic heterocycles. The summed E-state index contributed by atoms with van der Waals surface area (Å²) in [5, 5.41) is 18.7. The summed E-state index contributed by atoms with van der Waals surface area (Å²) in [5.41, 5.74) is 0.816. The van der Waals surface area contributed by atoms with Gasteiger partial charge in [0.2, 0.25) is 0 Å². The van der Waals surface area contributed by atoms with Gasteiger partial charge in [-0.25, -0.2) is 4.39 Å². The predicted molar refractivity (Wildman–Crippen MR) is 74.5 cm³/mol. The quantitative estimate of drug-likeness (QED) is 0.797. The Morgan fingerprint density at radius 2 is 1.85 bits per heavy atom. The number of fused-ring (bicyclic) bond motifs is 1. The Kier molecular flexibility index (Phi) is 3.20. The van der Waals surface area contributed by atoms with E-state index in [1.54, 1.807) is 18.2 Å².